The number of hydrogen-bond acceptors (Lipinski definition) is 3. The molecule has 1 heterocycles. The van der Waals surface area contributed by atoms with E-state index in [4.69, 9.17) is 11.6 Å². The largest absolute Gasteiger partial charge is 0.228 e. The number of aryl methyl sites for hydroxylation is 1. The molecule has 0 saturated carbocycles. The lowest BCUT2D eigenvalue weighted by atomic mass is 10.1. The molecule has 0 fully saturated rings. The summed E-state index contributed by atoms with van der Waals surface area (Å²) in [6.45, 7) is 5.35. The summed E-state index contributed by atoms with van der Waals surface area (Å²) in [6, 6.07) is 0. The summed E-state index contributed by atoms with van der Waals surface area (Å²) in [6.07, 6.45) is 3.60. The third-order valence-corrected chi connectivity index (χ3v) is 2.37. The fourth-order valence-electron chi connectivity index (χ4n) is 1.31. The van der Waals surface area contributed by atoms with Crippen molar-refractivity contribution < 1.29 is 0 Å². The molecule has 0 aliphatic rings. The first-order chi connectivity index (χ1) is 6.74. The fourth-order valence-corrected chi connectivity index (χ4v) is 1.50. The Hall–Kier alpha value is -0.640. The predicted octanol–water partition coefficient (Wildman–Crippen LogP) is 2.24. The number of rotatable bonds is 6. The SMILES string of the molecule is CC(C)CCCCn1nnnc1CCl. The summed E-state index contributed by atoms with van der Waals surface area (Å²) in [5.74, 6) is 1.92. The molecule has 0 amide bonds. The van der Waals surface area contributed by atoms with Gasteiger partial charge in [-0.25, -0.2) is 4.68 Å². The molecule has 1 rings (SSSR count). The number of alkyl halides is 1. The zero-order chi connectivity index (χ0) is 10.4. The van der Waals surface area contributed by atoms with Crippen LogP contribution in [-0.4, -0.2) is 20.2 Å². The van der Waals surface area contributed by atoms with Gasteiger partial charge in [0.1, 0.15) is 0 Å². The Morgan fingerprint density at radius 1 is 1.36 bits per heavy atom. The minimum absolute atomic E-state index is 0.386. The van der Waals surface area contributed by atoms with Crippen molar-refractivity contribution in [3.8, 4) is 0 Å². The van der Waals surface area contributed by atoms with E-state index in [2.05, 4.69) is 29.4 Å². The Kier molecular flexibility index (Phi) is 4.87. The molecule has 0 aliphatic heterocycles. The van der Waals surface area contributed by atoms with E-state index >= 15 is 0 Å². The summed E-state index contributed by atoms with van der Waals surface area (Å²) in [5, 5.41) is 11.3. The molecule has 14 heavy (non-hydrogen) atoms. The molecule has 0 aromatic carbocycles. The molecular weight excluding hydrogens is 200 g/mol. The van der Waals surface area contributed by atoms with Crippen LogP contribution in [0.2, 0.25) is 0 Å². The Labute approximate surface area is 89.6 Å². The van der Waals surface area contributed by atoms with E-state index in [-0.39, 0.29) is 0 Å². The highest BCUT2D eigenvalue weighted by Gasteiger charge is 2.03. The molecule has 0 aliphatic carbocycles. The highest BCUT2D eigenvalue weighted by molar-refractivity contribution is 6.16. The van der Waals surface area contributed by atoms with E-state index in [9.17, 15) is 0 Å². The second-order valence-electron chi connectivity index (χ2n) is 3.84. The molecule has 0 spiro atoms. The van der Waals surface area contributed by atoms with Crippen LogP contribution in [0.4, 0.5) is 0 Å². The van der Waals surface area contributed by atoms with Crippen LogP contribution in [0, 0.1) is 5.92 Å². The smallest absolute Gasteiger partial charge is 0.165 e. The lowest BCUT2D eigenvalue weighted by molar-refractivity contribution is 0.480. The number of halogens is 1. The van der Waals surface area contributed by atoms with E-state index in [1.807, 2.05) is 0 Å². The van der Waals surface area contributed by atoms with Crippen LogP contribution in [-0.2, 0) is 12.4 Å². The lowest BCUT2D eigenvalue weighted by Gasteiger charge is -2.04. The van der Waals surface area contributed by atoms with Crippen molar-refractivity contribution in [3.63, 3.8) is 0 Å². The molecular formula is C9H17ClN4. The Morgan fingerprint density at radius 2 is 2.14 bits per heavy atom. The van der Waals surface area contributed by atoms with Gasteiger partial charge in [0.05, 0.1) is 5.88 Å². The summed E-state index contributed by atoms with van der Waals surface area (Å²) < 4.78 is 1.79. The van der Waals surface area contributed by atoms with E-state index in [1.54, 1.807) is 4.68 Å². The normalized spacial score (nSPS) is 11.1. The molecule has 0 atom stereocenters. The van der Waals surface area contributed by atoms with Crippen LogP contribution >= 0.6 is 11.6 Å². The molecule has 0 saturated heterocycles. The maximum atomic E-state index is 5.67. The second-order valence-corrected chi connectivity index (χ2v) is 4.11. The monoisotopic (exact) mass is 216 g/mol. The van der Waals surface area contributed by atoms with Crippen molar-refractivity contribution in [1.82, 2.24) is 20.2 Å². The standard InChI is InChI=1S/C9H17ClN4/c1-8(2)5-3-4-6-14-9(7-10)11-12-13-14/h8H,3-7H2,1-2H3. The first-order valence-corrected chi connectivity index (χ1v) is 5.58. The van der Waals surface area contributed by atoms with Crippen molar-refractivity contribution in [3.05, 3.63) is 5.82 Å². The Balaban J connectivity index is 2.24. The first kappa shape index (κ1) is 11.4. The molecule has 1 aromatic rings. The number of aromatic nitrogens is 4. The minimum Gasteiger partial charge on any atom is -0.228 e. The molecule has 0 unspecified atom stereocenters. The molecule has 80 valence electrons. The highest BCUT2D eigenvalue weighted by atomic mass is 35.5. The van der Waals surface area contributed by atoms with Crippen LogP contribution in [0.15, 0.2) is 0 Å². The van der Waals surface area contributed by atoms with Crippen molar-refractivity contribution in [1.29, 1.82) is 0 Å². The van der Waals surface area contributed by atoms with Gasteiger partial charge < -0.3 is 0 Å². The Bertz CT molecular complexity index is 259. The zero-order valence-corrected chi connectivity index (χ0v) is 9.54. The third-order valence-electron chi connectivity index (χ3n) is 2.13. The average molecular weight is 217 g/mol. The summed E-state index contributed by atoms with van der Waals surface area (Å²) in [5.41, 5.74) is 0. The van der Waals surface area contributed by atoms with E-state index in [0.717, 1.165) is 24.7 Å². The Morgan fingerprint density at radius 3 is 2.79 bits per heavy atom. The predicted molar refractivity (Wildman–Crippen MR) is 56.1 cm³/mol. The topological polar surface area (TPSA) is 43.6 Å². The van der Waals surface area contributed by atoms with E-state index in [0.29, 0.717) is 5.88 Å². The van der Waals surface area contributed by atoms with Crippen molar-refractivity contribution >= 4 is 11.6 Å². The van der Waals surface area contributed by atoms with Gasteiger partial charge in [-0.15, -0.1) is 16.7 Å². The van der Waals surface area contributed by atoms with Gasteiger partial charge in [0.2, 0.25) is 0 Å². The van der Waals surface area contributed by atoms with Crippen LogP contribution in [0.1, 0.15) is 38.9 Å². The second kappa shape index (κ2) is 5.96. The summed E-state index contributed by atoms with van der Waals surface area (Å²) in [4.78, 5) is 0. The summed E-state index contributed by atoms with van der Waals surface area (Å²) in [7, 11) is 0. The van der Waals surface area contributed by atoms with Crippen LogP contribution in [0.25, 0.3) is 0 Å². The quantitative estimate of drug-likeness (QED) is 0.541. The number of hydrogen-bond donors (Lipinski definition) is 0. The molecule has 0 bridgehead atoms. The molecule has 5 heteroatoms. The van der Waals surface area contributed by atoms with Gasteiger partial charge in [-0.3, -0.25) is 0 Å². The van der Waals surface area contributed by atoms with Gasteiger partial charge in [0, 0.05) is 6.54 Å². The lowest BCUT2D eigenvalue weighted by Crippen LogP contribution is -2.05. The van der Waals surface area contributed by atoms with Gasteiger partial charge in [-0.05, 0) is 22.8 Å². The number of tetrazole rings is 1. The van der Waals surface area contributed by atoms with Crippen LogP contribution < -0.4 is 0 Å². The summed E-state index contributed by atoms with van der Waals surface area (Å²) >= 11 is 5.67. The van der Waals surface area contributed by atoms with E-state index in [1.165, 1.54) is 12.8 Å². The molecule has 0 radical (unpaired) electrons. The van der Waals surface area contributed by atoms with Gasteiger partial charge in [-0.2, -0.15) is 0 Å². The van der Waals surface area contributed by atoms with Crippen LogP contribution in [0.5, 0.6) is 0 Å². The van der Waals surface area contributed by atoms with Gasteiger partial charge in [-0.1, -0.05) is 26.7 Å². The molecule has 1 aromatic heterocycles. The third kappa shape index (κ3) is 3.62. The van der Waals surface area contributed by atoms with Crippen LogP contribution in [0.3, 0.4) is 0 Å². The fraction of sp³-hybridized carbons (Fsp3) is 0.889. The molecule has 0 N–H and O–H groups in total. The van der Waals surface area contributed by atoms with Gasteiger partial charge in [0.25, 0.3) is 0 Å². The maximum absolute atomic E-state index is 5.67. The maximum Gasteiger partial charge on any atom is 0.165 e. The first-order valence-electron chi connectivity index (χ1n) is 5.05. The van der Waals surface area contributed by atoms with Crippen molar-refractivity contribution in [2.24, 2.45) is 5.92 Å². The number of unbranched alkanes of at least 4 members (excludes halogenated alkanes) is 1. The van der Waals surface area contributed by atoms with Gasteiger partial charge in [0.15, 0.2) is 5.82 Å². The van der Waals surface area contributed by atoms with Crippen molar-refractivity contribution in [2.45, 2.75) is 45.5 Å². The van der Waals surface area contributed by atoms with E-state index < -0.39 is 0 Å². The highest BCUT2D eigenvalue weighted by Crippen LogP contribution is 2.07. The molecule has 4 nitrogen and oxygen atoms in total. The number of nitrogens with zero attached hydrogens (tertiary/aromatic N) is 4. The zero-order valence-electron chi connectivity index (χ0n) is 8.78. The van der Waals surface area contributed by atoms with Gasteiger partial charge >= 0.3 is 0 Å². The van der Waals surface area contributed by atoms with Crippen molar-refractivity contribution in [2.75, 3.05) is 0 Å². The average Bonchev–Trinajstić information content (AvgIpc) is 2.59. The minimum atomic E-state index is 0.386.